The molecule has 0 aliphatic heterocycles. The molecule has 0 bridgehead atoms. The first-order chi connectivity index (χ1) is 11.8. The lowest BCUT2D eigenvalue weighted by molar-refractivity contribution is 0.00920. The number of rotatable bonds is 7. The quantitative estimate of drug-likeness (QED) is 0.671. The van der Waals surface area contributed by atoms with Crippen molar-refractivity contribution < 1.29 is 9.53 Å². The van der Waals surface area contributed by atoms with E-state index in [1.54, 1.807) is 7.11 Å². The van der Waals surface area contributed by atoms with Gasteiger partial charge in [0.1, 0.15) is 5.65 Å². The summed E-state index contributed by atoms with van der Waals surface area (Å²) in [5.41, 5.74) is 2.75. The first-order valence-electron chi connectivity index (χ1n) is 9.28. The van der Waals surface area contributed by atoms with Crippen molar-refractivity contribution in [1.29, 1.82) is 0 Å². The number of hydrogen-bond donors (Lipinski definition) is 0. The van der Waals surface area contributed by atoms with Crippen LogP contribution in [0.4, 0.5) is 0 Å². The molecule has 2 heterocycles. The van der Waals surface area contributed by atoms with Crippen molar-refractivity contribution in [2.24, 2.45) is 5.92 Å². The Morgan fingerprint density at radius 2 is 2.16 bits per heavy atom. The molecular formula is C21H30N2O2. The van der Waals surface area contributed by atoms with Crippen LogP contribution in [-0.2, 0) is 10.3 Å². The van der Waals surface area contributed by atoms with Crippen LogP contribution < -0.4 is 0 Å². The number of nitrogens with zero attached hydrogens (tertiary/aromatic N) is 2. The van der Waals surface area contributed by atoms with Gasteiger partial charge in [0.25, 0.3) is 0 Å². The van der Waals surface area contributed by atoms with Gasteiger partial charge in [-0.15, -0.1) is 0 Å². The second-order valence-corrected chi connectivity index (χ2v) is 8.44. The highest BCUT2D eigenvalue weighted by atomic mass is 16.5. The Kier molecular flexibility index (Phi) is 4.52. The van der Waals surface area contributed by atoms with E-state index < -0.39 is 0 Å². The first kappa shape index (κ1) is 18.1. The van der Waals surface area contributed by atoms with Gasteiger partial charge in [-0.3, -0.25) is 4.79 Å². The summed E-state index contributed by atoms with van der Waals surface area (Å²) in [5, 5.41) is 1.06. The third-order valence-corrected chi connectivity index (χ3v) is 6.20. The predicted molar refractivity (Wildman–Crippen MR) is 101 cm³/mol. The molecule has 1 fully saturated rings. The Bertz CT molecular complexity index is 793. The van der Waals surface area contributed by atoms with Crippen molar-refractivity contribution in [3.63, 3.8) is 0 Å². The monoisotopic (exact) mass is 342 g/mol. The van der Waals surface area contributed by atoms with Crippen LogP contribution >= 0.6 is 0 Å². The van der Waals surface area contributed by atoms with E-state index in [2.05, 4.69) is 45.3 Å². The number of aldehydes is 1. The van der Waals surface area contributed by atoms with Gasteiger partial charge in [0.2, 0.25) is 0 Å². The van der Waals surface area contributed by atoms with Crippen molar-refractivity contribution in [1.82, 2.24) is 9.55 Å². The van der Waals surface area contributed by atoms with Crippen LogP contribution in [0.2, 0.25) is 0 Å². The lowest BCUT2D eigenvalue weighted by Gasteiger charge is -2.28. The molecule has 136 valence electrons. The maximum Gasteiger partial charge on any atom is 0.166 e. The zero-order chi connectivity index (χ0) is 18.4. The minimum atomic E-state index is -0.160. The van der Waals surface area contributed by atoms with Gasteiger partial charge < -0.3 is 9.30 Å². The van der Waals surface area contributed by atoms with Gasteiger partial charge in [-0.1, -0.05) is 13.8 Å². The molecule has 4 heteroatoms. The highest BCUT2D eigenvalue weighted by Gasteiger charge is 2.50. The SMILES string of the molecule is CCC(CC(C)(C)OC)c1cnc2c(c1)cc(C=O)n2C1(C)CC1C. The van der Waals surface area contributed by atoms with E-state index in [0.29, 0.717) is 11.8 Å². The lowest BCUT2D eigenvalue weighted by Crippen LogP contribution is -2.25. The normalized spacial score (nSPS) is 24.5. The van der Waals surface area contributed by atoms with Crippen molar-refractivity contribution in [2.45, 2.75) is 70.9 Å². The van der Waals surface area contributed by atoms with Crippen LogP contribution in [0.5, 0.6) is 0 Å². The fraction of sp³-hybridized carbons (Fsp3) is 0.619. The molecule has 3 atom stereocenters. The molecule has 0 N–H and O–H groups in total. The number of fused-ring (bicyclic) bond motifs is 1. The second-order valence-electron chi connectivity index (χ2n) is 8.44. The van der Waals surface area contributed by atoms with Crippen LogP contribution in [0.3, 0.4) is 0 Å². The summed E-state index contributed by atoms with van der Waals surface area (Å²) < 4.78 is 7.76. The molecule has 0 spiro atoms. The zero-order valence-corrected chi connectivity index (χ0v) is 16.3. The van der Waals surface area contributed by atoms with E-state index >= 15 is 0 Å². The van der Waals surface area contributed by atoms with Gasteiger partial charge >= 0.3 is 0 Å². The van der Waals surface area contributed by atoms with Gasteiger partial charge in [-0.25, -0.2) is 4.98 Å². The summed E-state index contributed by atoms with van der Waals surface area (Å²) in [7, 11) is 1.77. The molecule has 25 heavy (non-hydrogen) atoms. The predicted octanol–water partition coefficient (Wildman–Crippen LogP) is 4.91. The van der Waals surface area contributed by atoms with E-state index in [1.165, 1.54) is 5.56 Å². The average molecular weight is 342 g/mol. The Morgan fingerprint density at radius 1 is 1.48 bits per heavy atom. The first-order valence-corrected chi connectivity index (χ1v) is 9.28. The van der Waals surface area contributed by atoms with Gasteiger partial charge in [0.15, 0.2) is 6.29 Å². The molecule has 2 aromatic heterocycles. The average Bonchev–Trinajstić information content (AvgIpc) is 3.04. The maximum absolute atomic E-state index is 11.6. The second kappa shape index (κ2) is 6.24. The van der Waals surface area contributed by atoms with Crippen LogP contribution in [-0.4, -0.2) is 28.5 Å². The fourth-order valence-electron chi connectivity index (χ4n) is 4.02. The highest BCUT2D eigenvalue weighted by molar-refractivity contribution is 5.87. The molecule has 0 saturated heterocycles. The van der Waals surface area contributed by atoms with E-state index in [9.17, 15) is 4.79 Å². The Balaban J connectivity index is 2.02. The van der Waals surface area contributed by atoms with E-state index in [-0.39, 0.29) is 11.1 Å². The fourth-order valence-corrected chi connectivity index (χ4v) is 4.02. The Hall–Kier alpha value is -1.68. The van der Waals surface area contributed by atoms with E-state index in [4.69, 9.17) is 9.72 Å². The van der Waals surface area contributed by atoms with Gasteiger partial charge in [0, 0.05) is 24.2 Å². The van der Waals surface area contributed by atoms with Gasteiger partial charge in [-0.05, 0) is 69.6 Å². The van der Waals surface area contributed by atoms with Crippen LogP contribution in [0.25, 0.3) is 11.0 Å². The summed E-state index contributed by atoms with van der Waals surface area (Å²) in [6, 6.07) is 4.20. The topological polar surface area (TPSA) is 44.1 Å². The summed E-state index contributed by atoms with van der Waals surface area (Å²) in [6.07, 6.45) is 6.03. The molecular weight excluding hydrogens is 312 g/mol. The Morgan fingerprint density at radius 3 is 2.68 bits per heavy atom. The molecule has 3 unspecified atom stereocenters. The summed E-state index contributed by atoms with van der Waals surface area (Å²) in [4.78, 5) is 16.4. The molecule has 0 amide bonds. The smallest absolute Gasteiger partial charge is 0.166 e. The minimum Gasteiger partial charge on any atom is -0.379 e. The van der Waals surface area contributed by atoms with Crippen molar-refractivity contribution >= 4 is 17.3 Å². The number of aromatic nitrogens is 2. The highest BCUT2D eigenvalue weighted by Crippen LogP contribution is 2.51. The summed E-state index contributed by atoms with van der Waals surface area (Å²) in [5.74, 6) is 0.972. The standard InChI is InChI=1S/C21H30N2O2/c1-7-15(11-20(3,4)25-6)17-8-16-9-18(13-24)23(19(16)22-12-17)21(5)10-14(21)2/h8-9,12-15H,7,10-11H2,1-6H3. The third-order valence-electron chi connectivity index (χ3n) is 6.20. The molecule has 4 nitrogen and oxygen atoms in total. The van der Waals surface area contributed by atoms with E-state index in [0.717, 1.165) is 42.3 Å². The van der Waals surface area contributed by atoms with Crippen molar-refractivity contribution in [2.75, 3.05) is 7.11 Å². The van der Waals surface area contributed by atoms with Crippen LogP contribution in [0.15, 0.2) is 18.3 Å². The molecule has 3 rings (SSSR count). The number of methoxy groups -OCH3 is 1. The molecule has 1 aliphatic carbocycles. The maximum atomic E-state index is 11.6. The summed E-state index contributed by atoms with van der Waals surface area (Å²) in [6.45, 7) is 10.9. The van der Waals surface area contributed by atoms with E-state index in [1.807, 2.05) is 12.3 Å². The summed E-state index contributed by atoms with van der Waals surface area (Å²) >= 11 is 0. The Labute approximate surface area is 150 Å². The van der Waals surface area contributed by atoms with Crippen LogP contribution in [0, 0.1) is 5.92 Å². The number of pyridine rings is 1. The number of carbonyl (C=O) groups is 1. The number of carbonyl (C=O) groups excluding carboxylic acids is 1. The third kappa shape index (κ3) is 3.12. The van der Waals surface area contributed by atoms with Crippen molar-refractivity contribution in [3.05, 3.63) is 29.6 Å². The molecule has 0 radical (unpaired) electrons. The lowest BCUT2D eigenvalue weighted by atomic mass is 9.86. The minimum absolute atomic E-state index is 0.0225. The largest absolute Gasteiger partial charge is 0.379 e. The molecule has 0 aromatic carbocycles. The van der Waals surface area contributed by atoms with Gasteiger partial charge in [-0.2, -0.15) is 0 Å². The molecule has 2 aromatic rings. The molecule has 1 saturated carbocycles. The number of ether oxygens (including phenoxy) is 1. The van der Waals surface area contributed by atoms with Crippen LogP contribution in [0.1, 0.15) is 75.9 Å². The van der Waals surface area contributed by atoms with Crippen molar-refractivity contribution in [3.8, 4) is 0 Å². The zero-order valence-electron chi connectivity index (χ0n) is 16.3. The number of hydrogen-bond acceptors (Lipinski definition) is 3. The molecule has 1 aliphatic rings. The van der Waals surface area contributed by atoms with Gasteiger partial charge in [0.05, 0.1) is 11.3 Å².